The van der Waals surface area contributed by atoms with Crippen molar-refractivity contribution in [2.45, 2.75) is 19.4 Å². The Morgan fingerprint density at radius 1 is 1.67 bits per heavy atom. The monoisotopic (exact) mass is 125 g/mol. The molecule has 1 aliphatic heterocycles. The standard InChI is InChI=1S/C6H11N3/c1-6(2)5(3-7)4-8-9-6/h3,5,7H,4H2,1-2H3. The molecule has 0 aromatic heterocycles. The summed E-state index contributed by atoms with van der Waals surface area (Å²) in [5.74, 6) is 0.220. The normalized spacial score (nSPS) is 30.7. The van der Waals surface area contributed by atoms with Gasteiger partial charge in [-0.05, 0) is 13.8 Å². The molecule has 0 aromatic rings. The topological polar surface area (TPSA) is 48.6 Å². The molecule has 0 bridgehead atoms. The van der Waals surface area contributed by atoms with Crippen LogP contribution in [0, 0.1) is 11.3 Å². The van der Waals surface area contributed by atoms with Gasteiger partial charge in [-0.15, -0.1) is 0 Å². The molecule has 0 saturated heterocycles. The lowest BCUT2D eigenvalue weighted by atomic mass is 9.91. The lowest BCUT2D eigenvalue weighted by Crippen LogP contribution is -2.27. The van der Waals surface area contributed by atoms with Crippen LogP contribution < -0.4 is 0 Å². The zero-order valence-electron chi connectivity index (χ0n) is 5.76. The zero-order chi connectivity index (χ0) is 6.91. The van der Waals surface area contributed by atoms with E-state index in [1.165, 1.54) is 6.21 Å². The molecule has 1 heterocycles. The van der Waals surface area contributed by atoms with Crippen LogP contribution in [-0.2, 0) is 0 Å². The van der Waals surface area contributed by atoms with Gasteiger partial charge >= 0.3 is 0 Å². The number of rotatable bonds is 1. The summed E-state index contributed by atoms with van der Waals surface area (Å²) in [5.41, 5.74) is -0.123. The average molecular weight is 125 g/mol. The van der Waals surface area contributed by atoms with Gasteiger partial charge in [0, 0.05) is 12.1 Å². The number of azo groups is 1. The highest BCUT2D eigenvalue weighted by molar-refractivity contribution is 5.59. The van der Waals surface area contributed by atoms with E-state index in [1.807, 2.05) is 13.8 Å². The molecule has 0 fully saturated rings. The van der Waals surface area contributed by atoms with E-state index in [-0.39, 0.29) is 11.5 Å². The van der Waals surface area contributed by atoms with Crippen LogP contribution in [0.5, 0.6) is 0 Å². The van der Waals surface area contributed by atoms with Crippen molar-refractivity contribution in [2.75, 3.05) is 6.54 Å². The van der Waals surface area contributed by atoms with Gasteiger partial charge < -0.3 is 5.41 Å². The minimum atomic E-state index is -0.123. The Labute approximate surface area is 54.7 Å². The van der Waals surface area contributed by atoms with E-state index < -0.39 is 0 Å². The Balaban J connectivity index is 2.71. The van der Waals surface area contributed by atoms with Gasteiger partial charge in [0.15, 0.2) is 0 Å². The van der Waals surface area contributed by atoms with Crippen molar-refractivity contribution in [2.24, 2.45) is 16.1 Å². The summed E-state index contributed by atoms with van der Waals surface area (Å²) in [7, 11) is 0. The molecule has 1 aliphatic rings. The van der Waals surface area contributed by atoms with Gasteiger partial charge in [-0.25, -0.2) is 0 Å². The minimum absolute atomic E-state index is 0.123. The van der Waals surface area contributed by atoms with E-state index in [1.54, 1.807) is 0 Å². The van der Waals surface area contributed by atoms with Crippen LogP contribution in [0.15, 0.2) is 10.2 Å². The molecular weight excluding hydrogens is 114 g/mol. The van der Waals surface area contributed by atoms with E-state index in [4.69, 9.17) is 5.41 Å². The number of nitrogens with zero attached hydrogens (tertiary/aromatic N) is 2. The van der Waals surface area contributed by atoms with Gasteiger partial charge in [-0.2, -0.15) is 10.2 Å². The second-order valence-electron chi connectivity index (χ2n) is 2.85. The van der Waals surface area contributed by atoms with Crippen molar-refractivity contribution in [3.63, 3.8) is 0 Å². The predicted molar refractivity (Wildman–Crippen MR) is 36.1 cm³/mol. The summed E-state index contributed by atoms with van der Waals surface area (Å²) >= 11 is 0. The van der Waals surface area contributed by atoms with Crippen LogP contribution in [0.4, 0.5) is 0 Å². The number of hydrogen-bond acceptors (Lipinski definition) is 3. The highest BCUT2D eigenvalue weighted by Gasteiger charge is 2.31. The highest BCUT2D eigenvalue weighted by Crippen LogP contribution is 2.25. The second-order valence-corrected chi connectivity index (χ2v) is 2.85. The first-order chi connectivity index (χ1) is 4.17. The Bertz CT molecular complexity index is 148. The quantitative estimate of drug-likeness (QED) is 0.516. The third kappa shape index (κ3) is 0.992. The third-order valence-electron chi connectivity index (χ3n) is 1.72. The van der Waals surface area contributed by atoms with Gasteiger partial charge in [0.1, 0.15) is 0 Å². The number of nitrogens with one attached hydrogen (secondary N) is 1. The first kappa shape index (κ1) is 6.39. The Kier molecular flexibility index (Phi) is 1.35. The van der Waals surface area contributed by atoms with Crippen LogP contribution in [0.1, 0.15) is 13.8 Å². The summed E-state index contributed by atoms with van der Waals surface area (Å²) in [4.78, 5) is 0. The molecule has 50 valence electrons. The van der Waals surface area contributed by atoms with Gasteiger partial charge in [0.05, 0.1) is 12.1 Å². The molecule has 9 heavy (non-hydrogen) atoms. The van der Waals surface area contributed by atoms with E-state index in [2.05, 4.69) is 10.2 Å². The molecule has 0 aromatic carbocycles. The van der Waals surface area contributed by atoms with Crippen LogP contribution >= 0.6 is 0 Å². The van der Waals surface area contributed by atoms with Gasteiger partial charge in [-0.3, -0.25) is 0 Å². The molecule has 1 unspecified atom stereocenters. The van der Waals surface area contributed by atoms with Crippen molar-refractivity contribution in [1.82, 2.24) is 0 Å². The largest absolute Gasteiger partial charge is 0.313 e. The Hall–Kier alpha value is -0.730. The fourth-order valence-corrected chi connectivity index (χ4v) is 0.865. The maximum absolute atomic E-state index is 7.01. The maximum atomic E-state index is 7.01. The van der Waals surface area contributed by atoms with E-state index >= 15 is 0 Å². The van der Waals surface area contributed by atoms with Gasteiger partial charge in [0.25, 0.3) is 0 Å². The number of hydrogen-bond donors (Lipinski definition) is 1. The van der Waals surface area contributed by atoms with Crippen LogP contribution in [0.3, 0.4) is 0 Å². The minimum Gasteiger partial charge on any atom is -0.313 e. The predicted octanol–water partition coefficient (Wildman–Crippen LogP) is 1.50. The van der Waals surface area contributed by atoms with E-state index in [0.29, 0.717) is 6.54 Å². The molecule has 0 spiro atoms. The van der Waals surface area contributed by atoms with Gasteiger partial charge in [0.2, 0.25) is 0 Å². The van der Waals surface area contributed by atoms with Crippen LogP contribution in [0.25, 0.3) is 0 Å². The van der Waals surface area contributed by atoms with Crippen molar-refractivity contribution < 1.29 is 0 Å². The lowest BCUT2D eigenvalue weighted by Gasteiger charge is -2.17. The fourth-order valence-electron chi connectivity index (χ4n) is 0.865. The smallest absolute Gasteiger partial charge is 0.0855 e. The average Bonchev–Trinajstić information content (AvgIpc) is 2.08. The molecular formula is C6H11N3. The SMILES string of the molecule is CC1(C)N=NCC1C=N. The zero-order valence-corrected chi connectivity index (χ0v) is 5.76. The summed E-state index contributed by atoms with van der Waals surface area (Å²) < 4.78 is 0. The molecule has 0 aliphatic carbocycles. The third-order valence-corrected chi connectivity index (χ3v) is 1.72. The van der Waals surface area contributed by atoms with E-state index in [0.717, 1.165) is 0 Å². The van der Waals surface area contributed by atoms with Gasteiger partial charge in [-0.1, -0.05) is 0 Å². The Morgan fingerprint density at radius 3 is 2.56 bits per heavy atom. The van der Waals surface area contributed by atoms with Crippen LogP contribution in [0.2, 0.25) is 0 Å². The molecule has 0 amide bonds. The van der Waals surface area contributed by atoms with Crippen molar-refractivity contribution in [3.05, 3.63) is 0 Å². The maximum Gasteiger partial charge on any atom is 0.0855 e. The molecule has 1 rings (SSSR count). The molecule has 0 saturated carbocycles. The molecule has 1 atom stereocenters. The fraction of sp³-hybridized carbons (Fsp3) is 0.833. The van der Waals surface area contributed by atoms with Crippen molar-refractivity contribution >= 4 is 6.21 Å². The summed E-state index contributed by atoms with van der Waals surface area (Å²) in [6, 6.07) is 0. The summed E-state index contributed by atoms with van der Waals surface area (Å²) in [6.07, 6.45) is 1.43. The second kappa shape index (κ2) is 1.90. The van der Waals surface area contributed by atoms with Crippen LogP contribution in [-0.4, -0.2) is 18.3 Å². The molecule has 3 heteroatoms. The van der Waals surface area contributed by atoms with E-state index in [9.17, 15) is 0 Å². The molecule has 1 N–H and O–H groups in total. The Morgan fingerprint density at radius 2 is 2.33 bits per heavy atom. The first-order valence-electron chi connectivity index (χ1n) is 3.06. The summed E-state index contributed by atoms with van der Waals surface area (Å²) in [5, 5.41) is 14.9. The summed E-state index contributed by atoms with van der Waals surface area (Å²) in [6.45, 7) is 4.69. The first-order valence-corrected chi connectivity index (χ1v) is 3.06. The lowest BCUT2D eigenvalue weighted by molar-refractivity contribution is 0.466. The molecule has 0 radical (unpaired) electrons. The molecule has 3 nitrogen and oxygen atoms in total. The highest BCUT2D eigenvalue weighted by atomic mass is 15.2. The van der Waals surface area contributed by atoms with Crippen molar-refractivity contribution in [1.29, 1.82) is 5.41 Å². The van der Waals surface area contributed by atoms with Crippen molar-refractivity contribution in [3.8, 4) is 0 Å².